The first kappa shape index (κ1) is 13.1. The third-order valence-corrected chi connectivity index (χ3v) is 4.38. The van der Waals surface area contributed by atoms with Crippen LogP contribution >= 0.6 is 11.3 Å². The molecule has 0 radical (unpaired) electrons. The highest BCUT2D eigenvalue weighted by Crippen LogP contribution is 2.31. The number of aromatic nitrogens is 2. The van der Waals surface area contributed by atoms with E-state index >= 15 is 0 Å². The van der Waals surface area contributed by atoms with E-state index < -0.39 is 0 Å². The molecule has 0 saturated carbocycles. The number of aliphatic hydroxyl groups is 1. The zero-order valence-corrected chi connectivity index (χ0v) is 12.0. The second-order valence-electron chi connectivity index (χ2n) is 4.47. The molecular weight excluding hydrogens is 246 g/mol. The largest absolute Gasteiger partial charge is 0.391 e. The number of rotatable bonds is 4. The Hall–Kier alpha value is -1.33. The molecule has 0 aliphatic rings. The van der Waals surface area contributed by atoms with E-state index in [0.717, 1.165) is 17.1 Å². The number of aliphatic hydroxyl groups excluding tert-OH is 1. The summed E-state index contributed by atoms with van der Waals surface area (Å²) in [7, 11) is 3.96. The molecule has 98 valence electrons. The number of nitrogens with zero attached hydrogens (tertiary/aromatic N) is 3. The fourth-order valence-electron chi connectivity index (χ4n) is 2.22. The van der Waals surface area contributed by atoms with Crippen LogP contribution in [0.4, 0.5) is 5.82 Å². The molecule has 0 aliphatic heterocycles. The Bertz CT molecular complexity index is 519. The molecule has 0 saturated heterocycles. The third-order valence-electron chi connectivity index (χ3n) is 3.34. The normalized spacial score (nSPS) is 12.7. The summed E-state index contributed by atoms with van der Waals surface area (Å²) in [5.74, 6) is 0.982. The SMILES string of the molecule is Cc1nn(C)c(N(C)C(C)c2cccs2)c1CO. The molecule has 1 atom stereocenters. The van der Waals surface area contributed by atoms with Crippen molar-refractivity contribution in [2.45, 2.75) is 26.5 Å². The number of hydrogen-bond donors (Lipinski definition) is 1. The van der Waals surface area contributed by atoms with Gasteiger partial charge in [0.05, 0.1) is 18.3 Å². The zero-order valence-electron chi connectivity index (χ0n) is 11.2. The molecule has 2 aromatic rings. The van der Waals surface area contributed by atoms with Gasteiger partial charge in [-0.25, -0.2) is 0 Å². The number of anilines is 1. The highest BCUT2D eigenvalue weighted by molar-refractivity contribution is 7.10. The Morgan fingerprint density at radius 2 is 2.28 bits per heavy atom. The van der Waals surface area contributed by atoms with Crippen LogP contribution < -0.4 is 4.90 Å². The van der Waals surface area contributed by atoms with E-state index in [2.05, 4.69) is 34.4 Å². The van der Waals surface area contributed by atoms with Crippen molar-refractivity contribution in [3.8, 4) is 0 Å². The van der Waals surface area contributed by atoms with E-state index in [-0.39, 0.29) is 12.6 Å². The van der Waals surface area contributed by atoms with E-state index in [9.17, 15) is 5.11 Å². The lowest BCUT2D eigenvalue weighted by Crippen LogP contribution is -2.24. The molecule has 0 fully saturated rings. The van der Waals surface area contributed by atoms with Crippen LogP contribution in [-0.4, -0.2) is 21.9 Å². The summed E-state index contributed by atoms with van der Waals surface area (Å²) in [5.41, 5.74) is 1.80. The third kappa shape index (κ3) is 2.15. The van der Waals surface area contributed by atoms with Crippen LogP contribution in [0.2, 0.25) is 0 Å². The van der Waals surface area contributed by atoms with Gasteiger partial charge in [0.2, 0.25) is 0 Å². The standard InChI is InChI=1S/C13H19N3OS/c1-9-11(8-17)13(16(4)14-9)15(3)10(2)12-6-5-7-18-12/h5-7,10,17H,8H2,1-4H3. The smallest absolute Gasteiger partial charge is 0.132 e. The predicted molar refractivity (Wildman–Crippen MR) is 75.0 cm³/mol. The summed E-state index contributed by atoms with van der Waals surface area (Å²) in [6.45, 7) is 4.12. The highest BCUT2D eigenvalue weighted by Gasteiger charge is 2.21. The van der Waals surface area contributed by atoms with Crippen LogP contribution in [0.1, 0.15) is 29.1 Å². The van der Waals surface area contributed by atoms with E-state index in [0.29, 0.717) is 0 Å². The maximum Gasteiger partial charge on any atom is 0.132 e. The van der Waals surface area contributed by atoms with E-state index in [4.69, 9.17) is 0 Å². The van der Waals surface area contributed by atoms with Crippen molar-refractivity contribution in [1.29, 1.82) is 0 Å². The molecule has 2 heterocycles. The van der Waals surface area contributed by atoms with Crippen molar-refractivity contribution < 1.29 is 5.11 Å². The van der Waals surface area contributed by atoms with Gasteiger partial charge in [-0.1, -0.05) is 6.07 Å². The van der Waals surface area contributed by atoms with Crippen LogP contribution in [-0.2, 0) is 13.7 Å². The first-order chi connectivity index (χ1) is 8.56. The fraction of sp³-hybridized carbons (Fsp3) is 0.462. The molecule has 0 aromatic carbocycles. The summed E-state index contributed by atoms with van der Waals surface area (Å²) in [6, 6.07) is 4.46. The van der Waals surface area contributed by atoms with Crippen molar-refractivity contribution in [2.75, 3.05) is 11.9 Å². The highest BCUT2D eigenvalue weighted by atomic mass is 32.1. The summed E-state index contributed by atoms with van der Waals surface area (Å²) in [6.07, 6.45) is 0. The summed E-state index contributed by atoms with van der Waals surface area (Å²) in [5, 5.41) is 16.0. The van der Waals surface area contributed by atoms with Crippen molar-refractivity contribution in [2.24, 2.45) is 7.05 Å². The van der Waals surface area contributed by atoms with Crippen molar-refractivity contribution in [1.82, 2.24) is 9.78 Å². The van der Waals surface area contributed by atoms with Crippen LogP contribution in [0.25, 0.3) is 0 Å². The van der Waals surface area contributed by atoms with Crippen molar-refractivity contribution >= 4 is 17.2 Å². The summed E-state index contributed by atoms with van der Waals surface area (Å²) >= 11 is 1.75. The average Bonchev–Trinajstić information content (AvgIpc) is 2.94. The zero-order chi connectivity index (χ0) is 13.3. The van der Waals surface area contributed by atoms with Gasteiger partial charge in [-0.2, -0.15) is 5.10 Å². The average molecular weight is 265 g/mol. The molecule has 0 bridgehead atoms. The van der Waals surface area contributed by atoms with Crippen LogP contribution in [0.3, 0.4) is 0 Å². The molecule has 0 spiro atoms. The second kappa shape index (κ2) is 5.12. The molecule has 2 aromatic heterocycles. The molecule has 1 unspecified atom stereocenters. The van der Waals surface area contributed by atoms with Gasteiger partial charge in [0.15, 0.2) is 0 Å². The van der Waals surface area contributed by atoms with Crippen LogP contribution in [0.5, 0.6) is 0 Å². The number of hydrogen-bond acceptors (Lipinski definition) is 4. The van der Waals surface area contributed by atoms with Crippen molar-refractivity contribution in [3.63, 3.8) is 0 Å². The predicted octanol–water partition coefficient (Wildman–Crippen LogP) is 2.48. The minimum Gasteiger partial charge on any atom is -0.391 e. The molecular formula is C13H19N3OS. The van der Waals surface area contributed by atoms with Gasteiger partial charge in [-0.05, 0) is 25.3 Å². The molecule has 1 N–H and O–H groups in total. The molecule has 0 amide bonds. The van der Waals surface area contributed by atoms with Crippen LogP contribution in [0, 0.1) is 6.92 Å². The fourth-order valence-corrected chi connectivity index (χ4v) is 3.05. The number of thiophene rings is 1. The summed E-state index contributed by atoms with van der Waals surface area (Å²) in [4.78, 5) is 3.47. The minimum atomic E-state index is 0.0243. The van der Waals surface area contributed by atoms with Gasteiger partial charge in [-0.3, -0.25) is 4.68 Å². The van der Waals surface area contributed by atoms with E-state index in [1.165, 1.54) is 4.88 Å². The van der Waals surface area contributed by atoms with Gasteiger partial charge in [0.1, 0.15) is 5.82 Å². The molecule has 2 rings (SSSR count). The van der Waals surface area contributed by atoms with Gasteiger partial charge in [-0.15, -0.1) is 11.3 Å². The Morgan fingerprint density at radius 3 is 2.83 bits per heavy atom. The topological polar surface area (TPSA) is 41.3 Å². The quantitative estimate of drug-likeness (QED) is 0.923. The monoisotopic (exact) mass is 265 g/mol. The van der Waals surface area contributed by atoms with Gasteiger partial charge in [0.25, 0.3) is 0 Å². The minimum absolute atomic E-state index is 0.0243. The maximum atomic E-state index is 9.50. The summed E-state index contributed by atoms with van der Waals surface area (Å²) < 4.78 is 1.84. The first-order valence-corrected chi connectivity index (χ1v) is 6.83. The Morgan fingerprint density at radius 1 is 1.56 bits per heavy atom. The second-order valence-corrected chi connectivity index (χ2v) is 5.45. The Kier molecular flexibility index (Phi) is 3.73. The van der Waals surface area contributed by atoms with Gasteiger partial charge >= 0.3 is 0 Å². The molecule has 0 aliphatic carbocycles. The Balaban J connectivity index is 2.36. The van der Waals surface area contributed by atoms with E-state index in [1.807, 2.05) is 25.7 Å². The van der Waals surface area contributed by atoms with Crippen molar-refractivity contribution in [3.05, 3.63) is 33.6 Å². The number of aryl methyl sites for hydroxylation is 2. The molecule has 4 nitrogen and oxygen atoms in total. The lowest BCUT2D eigenvalue weighted by molar-refractivity contribution is 0.281. The molecule has 5 heteroatoms. The maximum absolute atomic E-state index is 9.50. The van der Waals surface area contributed by atoms with Gasteiger partial charge in [0, 0.05) is 24.5 Å². The lowest BCUT2D eigenvalue weighted by Gasteiger charge is -2.27. The van der Waals surface area contributed by atoms with Crippen LogP contribution in [0.15, 0.2) is 17.5 Å². The Labute approximate surface area is 111 Å². The lowest BCUT2D eigenvalue weighted by atomic mass is 10.2. The van der Waals surface area contributed by atoms with Gasteiger partial charge < -0.3 is 10.0 Å². The molecule has 18 heavy (non-hydrogen) atoms. The first-order valence-electron chi connectivity index (χ1n) is 5.95. The van der Waals surface area contributed by atoms with E-state index in [1.54, 1.807) is 11.3 Å².